The van der Waals surface area contributed by atoms with E-state index in [9.17, 15) is 0 Å². The predicted molar refractivity (Wildman–Crippen MR) is 86.8 cm³/mol. The van der Waals surface area contributed by atoms with Crippen LogP contribution in [0.25, 0.3) is 5.69 Å². The van der Waals surface area contributed by atoms with Gasteiger partial charge < -0.3 is 5.32 Å². The van der Waals surface area contributed by atoms with E-state index in [1.807, 2.05) is 0 Å². The highest BCUT2D eigenvalue weighted by Gasteiger charge is 2.34. The third-order valence-corrected chi connectivity index (χ3v) is 4.38. The fourth-order valence-corrected chi connectivity index (χ4v) is 3.45. The number of benzene rings is 1. The summed E-state index contributed by atoms with van der Waals surface area (Å²) in [5.74, 6) is 0. The molecule has 1 aliphatic rings. The molecule has 0 radical (unpaired) electrons. The van der Waals surface area contributed by atoms with Gasteiger partial charge >= 0.3 is 0 Å². The summed E-state index contributed by atoms with van der Waals surface area (Å²) in [7, 11) is 0. The lowest BCUT2D eigenvalue weighted by molar-refractivity contribution is 0.255. The summed E-state index contributed by atoms with van der Waals surface area (Å²) in [6.07, 6.45) is 4.31. The highest BCUT2D eigenvalue weighted by molar-refractivity contribution is 5.40. The Labute approximate surface area is 127 Å². The van der Waals surface area contributed by atoms with Gasteiger partial charge in [0.05, 0.1) is 11.9 Å². The van der Waals surface area contributed by atoms with Crippen LogP contribution >= 0.6 is 0 Å². The average molecular weight is 283 g/mol. The smallest absolute Gasteiger partial charge is 0.0651 e. The highest BCUT2D eigenvalue weighted by atomic mass is 15.3. The topological polar surface area (TPSA) is 29.9 Å². The third kappa shape index (κ3) is 2.75. The molecule has 1 aromatic carbocycles. The molecule has 0 spiro atoms. The van der Waals surface area contributed by atoms with Crippen LogP contribution < -0.4 is 5.32 Å². The van der Waals surface area contributed by atoms with Gasteiger partial charge in [0.2, 0.25) is 0 Å². The molecular formula is C18H25N3. The van der Waals surface area contributed by atoms with E-state index in [2.05, 4.69) is 73.3 Å². The Balaban J connectivity index is 2.07. The summed E-state index contributed by atoms with van der Waals surface area (Å²) in [4.78, 5) is 0. The summed E-state index contributed by atoms with van der Waals surface area (Å²) in [5.41, 5.74) is 5.49. The number of aryl methyl sites for hydroxylation is 1. The Bertz CT molecular complexity index is 640. The van der Waals surface area contributed by atoms with Crippen molar-refractivity contribution in [3.8, 4) is 5.69 Å². The van der Waals surface area contributed by atoms with Gasteiger partial charge in [0.1, 0.15) is 0 Å². The summed E-state index contributed by atoms with van der Waals surface area (Å²) in [5, 5.41) is 8.30. The van der Waals surface area contributed by atoms with Crippen molar-refractivity contribution in [3.05, 3.63) is 47.3 Å². The molecule has 0 amide bonds. The zero-order chi connectivity index (χ0) is 15.0. The average Bonchev–Trinajstić information content (AvgIpc) is 2.81. The second-order valence-electron chi connectivity index (χ2n) is 6.95. The minimum absolute atomic E-state index is 0.307. The van der Waals surface area contributed by atoms with Gasteiger partial charge in [-0.2, -0.15) is 5.10 Å². The highest BCUT2D eigenvalue weighted by Crippen LogP contribution is 2.41. The summed E-state index contributed by atoms with van der Waals surface area (Å²) < 4.78 is 2.13. The maximum Gasteiger partial charge on any atom is 0.0651 e. The van der Waals surface area contributed by atoms with E-state index in [-0.39, 0.29) is 0 Å². The van der Waals surface area contributed by atoms with Crippen molar-refractivity contribution in [2.45, 2.75) is 46.6 Å². The number of nitrogens with zero attached hydrogens (tertiary/aromatic N) is 2. The largest absolute Gasteiger partial charge is 0.310 e. The molecule has 3 nitrogen and oxygen atoms in total. The maximum absolute atomic E-state index is 4.68. The molecule has 1 aliphatic carbocycles. The molecule has 0 bridgehead atoms. The molecule has 0 saturated heterocycles. The minimum Gasteiger partial charge on any atom is -0.310 e. The molecule has 0 aliphatic heterocycles. The van der Waals surface area contributed by atoms with Crippen LogP contribution in [0, 0.1) is 12.3 Å². The van der Waals surface area contributed by atoms with Gasteiger partial charge in [-0.3, -0.25) is 0 Å². The van der Waals surface area contributed by atoms with Gasteiger partial charge in [-0.15, -0.1) is 0 Å². The first kappa shape index (κ1) is 14.3. The van der Waals surface area contributed by atoms with Gasteiger partial charge in [0, 0.05) is 17.3 Å². The lowest BCUT2D eigenvalue weighted by atomic mass is 9.74. The minimum atomic E-state index is 0.307. The van der Waals surface area contributed by atoms with Crippen molar-refractivity contribution in [1.82, 2.24) is 15.1 Å². The normalized spacial score (nSPS) is 20.3. The summed E-state index contributed by atoms with van der Waals surface area (Å²) in [6, 6.07) is 9.01. The van der Waals surface area contributed by atoms with Crippen LogP contribution in [-0.2, 0) is 6.42 Å². The molecule has 0 fully saturated rings. The zero-order valence-corrected chi connectivity index (χ0v) is 13.5. The molecule has 3 heteroatoms. The number of aromatic nitrogens is 2. The lowest BCUT2D eigenvalue weighted by Crippen LogP contribution is -2.33. The van der Waals surface area contributed by atoms with Crippen molar-refractivity contribution in [3.63, 3.8) is 0 Å². The van der Waals surface area contributed by atoms with Crippen LogP contribution in [0.3, 0.4) is 0 Å². The molecule has 21 heavy (non-hydrogen) atoms. The van der Waals surface area contributed by atoms with Crippen molar-refractivity contribution >= 4 is 0 Å². The molecule has 1 N–H and O–H groups in total. The Kier molecular flexibility index (Phi) is 3.62. The molecule has 1 atom stereocenters. The number of fused-ring (bicyclic) bond motifs is 1. The van der Waals surface area contributed by atoms with E-state index in [1.54, 1.807) is 0 Å². The van der Waals surface area contributed by atoms with Crippen LogP contribution in [0.4, 0.5) is 0 Å². The number of hydrogen-bond donors (Lipinski definition) is 1. The van der Waals surface area contributed by atoms with E-state index < -0.39 is 0 Å². The quantitative estimate of drug-likeness (QED) is 0.928. The molecule has 0 saturated carbocycles. The van der Waals surface area contributed by atoms with Crippen molar-refractivity contribution in [2.24, 2.45) is 5.41 Å². The standard InChI is InChI=1S/C18H25N3/c1-5-19-16-10-18(3,4)11-17-15(16)12-20-21(17)14-8-6-7-13(2)9-14/h6-9,12,16,19H,5,10-11H2,1-4H3. The second kappa shape index (κ2) is 5.30. The Morgan fingerprint density at radius 2 is 2.19 bits per heavy atom. The van der Waals surface area contributed by atoms with E-state index in [0.717, 1.165) is 13.0 Å². The van der Waals surface area contributed by atoms with Crippen LogP contribution in [0.15, 0.2) is 30.5 Å². The molecule has 1 unspecified atom stereocenters. The Morgan fingerprint density at radius 1 is 1.38 bits per heavy atom. The second-order valence-corrected chi connectivity index (χ2v) is 6.95. The lowest BCUT2D eigenvalue weighted by Gasteiger charge is -2.36. The van der Waals surface area contributed by atoms with Crippen molar-refractivity contribution in [1.29, 1.82) is 0 Å². The summed E-state index contributed by atoms with van der Waals surface area (Å²) >= 11 is 0. The third-order valence-electron chi connectivity index (χ3n) is 4.38. The molecule has 2 aromatic rings. The van der Waals surface area contributed by atoms with E-state index in [1.165, 1.54) is 28.9 Å². The van der Waals surface area contributed by atoms with Gasteiger partial charge in [0.15, 0.2) is 0 Å². The van der Waals surface area contributed by atoms with Crippen molar-refractivity contribution in [2.75, 3.05) is 6.54 Å². The van der Waals surface area contributed by atoms with E-state index in [4.69, 9.17) is 0 Å². The first-order chi connectivity index (χ1) is 10.00. The summed E-state index contributed by atoms with van der Waals surface area (Å²) in [6.45, 7) is 10.0. The molecular weight excluding hydrogens is 258 g/mol. The molecule has 112 valence electrons. The Morgan fingerprint density at radius 3 is 2.90 bits per heavy atom. The van der Waals surface area contributed by atoms with Gasteiger partial charge in [-0.25, -0.2) is 4.68 Å². The van der Waals surface area contributed by atoms with E-state index >= 15 is 0 Å². The Hall–Kier alpha value is -1.61. The SMILES string of the molecule is CCNC1CC(C)(C)Cc2c1cnn2-c1cccc(C)c1. The van der Waals surface area contributed by atoms with Crippen LogP contribution in [0.5, 0.6) is 0 Å². The van der Waals surface area contributed by atoms with E-state index in [0.29, 0.717) is 11.5 Å². The van der Waals surface area contributed by atoms with Gasteiger partial charge in [0.25, 0.3) is 0 Å². The van der Waals surface area contributed by atoms with Crippen LogP contribution in [0.1, 0.15) is 50.1 Å². The number of hydrogen-bond acceptors (Lipinski definition) is 2. The first-order valence-corrected chi connectivity index (χ1v) is 7.87. The van der Waals surface area contributed by atoms with Gasteiger partial charge in [-0.1, -0.05) is 32.9 Å². The van der Waals surface area contributed by atoms with Crippen LogP contribution in [-0.4, -0.2) is 16.3 Å². The van der Waals surface area contributed by atoms with Crippen molar-refractivity contribution < 1.29 is 0 Å². The predicted octanol–water partition coefficient (Wildman–Crippen LogP) is 3.80. The van der Waals surface area contributed by atoms with Gasteiger partial charge in [-0.05, 0) is 49.4 Å². The monoisotopic (exact) mass is 283 g/mol. The fourth-order valence-electron chi connectivity index (χ4n) is 3.45. The first-order valence-electron chi connectivity index (χ1n) is 7.87. The molecule has 1 aromatic heterocycles. The fraction of sp³-hybridized carbons (Fsp3) is 0.500. The molecule has 3 rings (SSSR count). The molecule has 1 heterocycles. The van der Waals surface area contributed by atoms with Crippen LogP contribution in [0.2, 0.25) is 0 Å². The number of rotatable bonds is 3. The maximum atomic E-state index is 4.68. The number of nitrogens with one attached hydrogen (secondary N) is 1. The zero-order valence-electron chi connectivity index (χ0n) is 13.5.